The summed E-state index contributed by atoms with van der Waals surface area (Å²) in [5.41, 5.74) is 0. The number of hydrogen-bond acceptors (Lipinski definition) is 4. The molecule has 1 aliphatic carbocycles. The maximum absolute atomic E-state index is 11.6. The largest absolute Gasteiger partial charge is 0.465 e. The second kappa shape index (κ2) is 8.08. The van der Waals surface area contributed by atoms with Crippen LogP contribution in [-0.4, -0.2) is 36.6 Å². The van der Waals surface area contributed by atoms with Crippen molar-refractivity contribution in [2.45, 2.75) is 51.5 Å². The number of hydrogen-bond donors (Lipinski definition) is 0. The van der Waals surface area contributed by atoms with E-state index in [4.69, 9.17) is 10.00 Å². The highest BCUT2D eigenvalue weighted by molar-refractivity contribution is 5.71. The minimum absolute atomic E-state index is 0.194. The number of esters is 1. The van der Waals surface area contributed by atoms with Gasteiger partial charge < -0.3 is 4.74 Å². The molecule has 0 unspecified atom stereocenters. The lowest BCUT2D eigenvalue weighted by Gasteiger charge is -2.24. The first-order valence-corrected chi connectivity index (χ1v) is 6.54. The Morgan fingerprint density at radius 1 is 1.47 bits per heavy atom. The molecule has 1 rings (SSSR count). The van der Waals surface area contributed by atoms with Crippen LogP contribution in [0.1, 0.15) is 45.4 Å². The van der Waals surface area contributed by atoms with E-state index < -0.39 is 0 Å². The first kappa shape index (κ1) is 14.0. The summed E-state index contributed by atoms with van der Waals surface area (Å²) in [6.45, 7) is 3.16. The van der Waals surface area contributed by atoms with Gasteiger partial charge in [0.15, 0.2) is 0 Å². The van der Waals surface area contributed by atoms with Crippen molar-refractivity contribution in [2.24, 2.45) is 0 Å². The molecule has 0 saturated heterocycles. The van der Waals surface area contributed by atoms with Crippen molar-refractivity contribution in [3.05, 3.63) is 0 Å². The number of rotatable bonds is 7. The van der Waals surface area contributed by atoms with Gasteiger partial charge in [0, 0.05) is 6.04 Å². The van der Waals surface area contributed by atoms with Gasteiger partial charge in [0.1, 0.15) is 0 Å². The van der Waals surface area contributed by atoms with E-state index in [-0.39, 0.29) is 12.5 Å². The molecular formula is C13H22N2O2. The van der Waals surface area contributed by atoms with Crippen LogP contribution in [0.2, 0.25) is 0 Å². The molecule has 0 bridgehead atoms. The number of nitrogens with zero attached hydrogens (tertiary/aromatic N) is 2. The van der Waals surface area contributed by atoms with Crippen molar-refractivity contribution in [2.75, 3.05) is 19.7 Å². The minimum atomic E-state index is -0.194. The van der Waals surface area contributed by atoms with Crippen molar-refractivity contribution in [3.63, 3.8) is 0 Å². The fraction of sp³-hybridized carbons (Fsp3) is 0.846. The molecule has 0 N–H and O–H groups in total. The van der Waals surface area contributed by atoms with Crippen LogP contribution in [0.3, 0.4) is 0 Å². The van der Waals surface area contributed by atoms with E-state index in [1.807, 2.05) is 4.90 Å². The van der Waals surface area contributed by atoms with Gasteiger partial charge in [0.25, 0.3) is 0 Å². The lowest BCUT2D eigenvalue weighted by atomic mass is 10.2. The van der Waals surface area contributed by atoms with E-state index in [0.717, 1.165) is 25.7 Å². The normalized spacial score (nSPS) is 16.1. The molecule has 0 atom stereocenters. The second-order valence-corrected chi connectivity index (χ2v) is 4.58. The van der Waals surface area contributed by atoms with Crippen LogP contribution in [0.4, 0.5) is 0 Å². The SMILES string of the molecule is CCCCOC(=O)CN(CC#N)C1CCCC1. The van der Waals surface area contributed by atoms with Crippen molar-refractivity contribution in [1.29, 1.82) is 5.26 Å². The zero-order valence-corrected chi connectivity index (χ0v) is 10.7. The van der Waals surface area contributed by atoms with E-state index in [1.54, 1.807) is 0 Å². The van der Waals surface area contributed by atoms with E-state index in [0.29, 0.717) is 19.2 Å². The topological polar surface area (TPSA) is 53.3 Å². The highest BCUT2D eigenvalue weighted by Gasteiger charge is 2.24. The maximum Gasteiger partial charge on any atom is 0.320 e. The minimum Gasteiger partial charge on any atom is -0.465 e. The Balaban J connectivity index is 2.32. The predicted molar refractivity (Wildman–Crippen MR) is 65.3 cm³/mol. The molecule has 1 fully saturated rings. The van der Waals surface area contributed by atoms with E-state index in [9.17, 15) is 4.79 Å². The summed E-state index contributed by atoms with van der Waals surface area (Å²) >= 11 is 0. The summed E-state index contributed by atoms with van der Waals surface area (Å²) in [5.74, 6) is -0.194. The smallest absolute Gasteiger partial charge is 0.320 e. The van der Waals surface area contributed by atoms with Crippen LogP contribution >= 0.6 is 0 Å². The number of carbonyl (C=O) groups excluding carboxylic acids is 1. The highest BCUT2D eigenvalue weighted by atomic mass is 16.5. The van der Waals surface area contributed by atoms with Crippen LogP contribution in [-0.2, 0) is 9.53 Å². The summed E-state index contributed by atoms with van der Waals surface area (Å²) in [7, 11) is 0. The monoisotopic (exact) mass is 238 g/mol. The molecule has 0 aromatic heterocycles. The van der Waals surface area contributed by atoms with Gasteiger partial charge in [-0.2, -0.15) is 5.26 Å². The Morgan fingerprint density at radius 2 is 2.18 bits per heavy atom. The summed E-state index contributed by atoms with van der Waals surface area (Å²) in [6, 6.07) is 2.53. The lowest BCUT2D eigenvalue weighted by molar-refractivity contribution is -0.145. The molecule has 1 saturated carbocycles. The summed E-state index contributed by atoms with van der Waals surface area (Å²) in [6.07, 6.45) is 6.55. The molecule has 1 aliphatic rings. The average molecular weight is 238 g/mol. The maximum atomic E-state index is 11.6. The van der Waals surface area contributed by atoms with Gasteiger partial charge in [-0.1, -0.05) is 26.2 Å². The van der Waals surface area contributed by atoms with Gasteiger partial charge >= 0.3 is 5.97 Å². The molecule has 0 spiro atoms. The van der Waals surface area contributed by atoms with Crippen molar-refractivity contribution in [1.82, 2.24) is 4.90 Å². The van der Waals surface area contributed by atoms with Crippen molar-refractivity contribution < 1.29 is 9.53 Å². The number of carbonyl (C=O) groups is 1. The zero-order valence-electron chi connectivity index (χ0n) is 10.7. The van der Waals surface area contributed by atoms with E-state index in [1.165, 1.54) is 12.8 Å². The van der Waals surface area contributed by atoms with Gasteiger partial charge in [-0.15, -0.1) is 0 Å². The Morgan fingerprint density at radius 3 is 2.76 bits per heavy atom. The first-order chi connectivity index (χ1) is 8.27. The molecule has 4 heteroatoms. The third-order valence-corrected chi connectivity index (χ3v) is 3.21. The molecule has 0 amide bonds. The predicted octanol–water partition coefficient (Wildman–Crippen LogP) is 2.10. The quantitative estimate of drug-likeness (QED) is 0.387. The zero-order chi connectivity index (χ0) is 12.5. The molecular weight excluding hydrogens is 216 g/mol. The summed E-state index contributed by atoms with van der Waals surface area (Å²) in [5, 5.41) is 8.78. The molecule has 4 nitrogen and oxygen atoms in total. The van der Waals surface area contributed by atoms with E-state index >= 15 is 0 Å². The second-order valence-electron chi connectivity index (χ2n) is 4.58. The average Bonchev–Trinajstić information content (AvgIpc) is 2.82. The number of ether oxygens (including phenoxy) is 1. The molecule has 0 aromatic rings. The Labute approximate surface area is 104 Å². The third kappa shape index (κ3) is 5.18. The molecule has 0 aromatic carbocycles. The van der Waals surface area contributed by atoms with Crippen LogP contribution in [0.15, 0.2) is 0 Å². The van der Waals surface area contributed by atoms with Gasteiger partial charge in [-0.05, 0) is 19.3 Å². The van der Waals surface area contributed by atoms with Crippen LogP contribution in [0, 0.1) is 11.3 Å². The molecule has 0 heterocycles. The first-order valence-electron chi connectivity index (χ1n) is 6.54. The molecule has 17 heavy (non-hydrogen) atoms. The van der Waals surface area contributed by atoms with E-state index in [2.05, 4.69) is 13.0 Å². The molecule has 0 aliphatic heterocycles. The highest BCUT2D eigenvalue weighted by Crippen LogP contribution is 2.23. The fourth-order valence-corrected chi connectivity index (χ4v) is 2.22. The Kier molecular flexibility index (Phi) is 6.64. The molecule has 0 radical (unpaired) electrons. The Hall–Kier alpha value is -1.08. The van der Waals surface area contributed by atoms with Crippen LogP contribution in [0.25, 0.3) is 0 Å². The van der Waals surface area contributed by atoms with Crippen molar-refractivity contribution >= 4 is 5.97 Å². The standard InChI is InChI=1S/C13H22N2O2/c1-2-3-10-17-13(16)11-15(9-8-14)12-6-4-5-7-12/h12H,2-7,9-11H2,1H3. The fourth-order valence-electron chi connectivity index (χ4n) is 2.22. The third-order valence-electron chi connectivity index (χ3n) is 3.21. The lowest BCUT2D eigenvalue weighted by Crippen LogP contribution is -2.38. The number of unbranched alkanes of at least 4 members (excludes halogenated alkanes) is 1. The van der Waals surface area contributed by atoms with Gasteiger partial charge in [-0.3, -0.25) is 9.69 Å². The van der Waals surface area contributed by atoms with Crippen LogP contribution < -0.4 is 0 Å². The van der Waals surface area contributed by atoms with Gasteiger partial charge in [0.2, 0.25) is 0 Å². The summed E-state index contributed by atoms with van der Waals surface area (Å²) in [4.78, 5) is 13.5. The van der Waals surface area contributed by atoms with Gasteiger partial charge in [0.05, 0.1) is 25.8 Å². The van der Waals surface area contributed by atoms with Crippen molar-refractivity contribution in [3.8, 4) is 6.07 Å². The van der Waals surface area contributed by atoms with Crippen LogP contribution in [0.5, 0.6) is 0 Å². The summed E-state index contributed by atoms with van der Waals surface area (Å²) < 4.78 is 5.13. The number of nitriles is 1. The molecule has 96 valence electrons. The van der Waals surface area contributed by atoms with Gasteiger partial charge in [-0.25, -0.2) is 0 Å². The Bertz CT molecular complexity index is 267.